The summed E-state index contributed by atoms with van der Waals surface area (Å²) >= 11 is 0. The molecule has 1 unspecified atom stereocenters. The first-order valence-corrected chi connectivity index (χ1v) is 5.56. The number of Topliss-reactive ketones (excluding diaryl/α,β-unsaturated/α-hetero) is 1. The summed E-state index contributed by atoms with van der Waals surface area (Å²) in [6.45, 7) is 6.67. The van der Waals surface area contributed by atoms with Crippen LogP contribution in [0.4, 0.5) is 0 Å². The van der Waals surface area contributed by atoms with Crippen LogP contribution in [0.1, 0.15) is 39.4 Å². The van der Waals surface area contributed by atoms with Gasteiger partial charge in [0.15, 0.2) is 0 Å². The van der Waals surface area contributed by atoms with Crippen molar-refractivity contribution < 1.29 is 4.79 Å². The number of aromatic nitrogens is 3. The minimum atomic E-state index is 0.0878. The van der Waals surface area contributed by atoms with E-state index in [1.54, 1.807) is 13.3 Å². The molecular weight excluding hydrogens is 190 g/mol. The van der Waals surface area contributed by atoms with E-state index in [0.717, 1.165) is 25.2 Å². The number of aryl methyl sites for hydroxylation is 1. The number of hydrogen-bond acceptors (Lipinski definition) is 3. The Morgan fingerprint density at radius 2 is 2.27 bits per heavy atom. The molecule has 0 radical (unpaired) electrons. The predicted octanol–water partition coefficient (Wildman–Crippen LogP) is 1.85. The van der Waals surface area contributed by atoms with E-state index in [1.807, 2.05) is 11.6 Å². The summed E-state index contributed by atoms with van der Waals surface area (Å²) < 4.78 is 1.89. The Labute approximate surface area is 90.7 Å². The van der Waals surface area contributed by atoms with Crippen molar-refractivity contribution in [3.05, 3.63) is 12.2 Å². The molecular formula is C11H19N3O. The van der Waals surface area contributed by atoms with Gasteiger partial charge in [0.05, 0.1) is 0 Å². The summed E-state index contributed by atoms with van der Waals surface area (Å²) in [7, 11) is 0. The van der Waals surface area contributed by atoms with Crippen molar-refractivity contribution in [2.75, 3.05) is 0 Å². The molecule has 0 saturated heterocycles. The van der Waals surface area contributed by atoms with Crippen LogP contribution in [-0.4, -0.2) is 20.5 Å². The van der Waals surface area contributed by atoms with Gasteiger partial charge in [-0.05, 0) is 19.8 Å². The number of carbonyl (C=O) groups excluding carboxylic acids is 1. The summed E-state index contributed by atoms with van der Waals surface area (Å²) in [4.78, 5) is 15.5. The lowest BCUT2D eigenvalue weighted by Crippen LogP contribution is -2.16. The van der Waals surface area contributed by atoms with Crippen molar-refractivity contribution in [1.82, 2.24) is 14.8 Å². The van der Waals surface area contributed by atoms with Gasteiger partial charge in [0.1, 0.15) is 17.9 Å². The zero-order chi connectivity index (χ0) is 11.3. The SMILES string of the molecule is CCCn1ncnc1CC(CC)C(C)=O. The standard InChI is InChI=1S/C11H19N3O/c1-4-6-14-11(12-8-13-14)7-10(5-2)9(3)15/h8,10H,4-7H2,1-3H3. The van der Waals surface area contributed by atoms with Gasteiger partial charge in [-0.2, -0.15) is 5.10 Å². The fraction of sp³-hybridized carbons (Fsp3) is 0.727. The van der Waals surface area contributed by atoms with Crippen LogP contribution in [0.5, 0.6) is 0 Å². The Kier molecular flexibility index (Phi) is 4.46. The predicted molar refractivity (Wildman–Crippen MR) is 58.5 cm³/mol. The quantitative estimate of drug-likeness (QED) is 0.718. The second-order valence-corrected chi connectivity index (χ2v) is 3.82. The molecule has 0 N–H and O–H groups in total. The normalized spacial score (nSPS) is 12.7. The highest BCUT2D eigenvalue weighted by molar-refractivity contribution is 5.78. The lowest BCUT2D eigenvalue weighted by Gasteiger charge is -2.11. The van der Waals surface area contributed by atoms with Gasteiger partial charge in [0.25, 0.3) is 0 Å². The molecule has 0 spiro atoms. The highest BCUT2D eigenvalue weighted by atomic mass is 16.1. The van der Waals surface area contributed by atoms with Crippen molar-refractivity contribution in [1.29, 1.82) is 0 Å². The minimum Gasteiger partial charge on any atom is -0.300 e. The molecule has 1 aromatic heterocycles. The van der Waals surface area contributed by atoms with Crippen LogP contribution >= 0.6 is 0 Å². The minimum absolute atomic E-state index is 0.0878. The Morgan fingerprint density at radius 1 is 1.53 bits per heavy atom. The van der Waals surface area contributed by atoms with E-state index in [2.05, 4.69) is 17.0 Å². The van der Waals surface area contributed by atoms with E-state index in [9.17, 15) is 4.79 Å². The summed E-state index contributed by atoms with van der Waals surface area (Å²) in [6, 6.07) is 0. The summed E-state index contributed by atoms with van der Waals surface area (Å²) in [5, 5.41) is 4.15. The maximum Gasteiger partial charge on any atom is 0.138 e. The number of rotatable bonds is 6. The van der Waals surface area contributed by atoms with E-state index < -0.39 is 0 Å². The lowest BCUT2D eigenvalue weighted by molar-refractivity contribution is -0.120. The van der Waals surface area contributed by atoms with Gasteiger partial charge in [-0.3, -0.25) is 9.48 Å². The zero-order valence-corrected chi connectivity index (χ0v) is 9.73. The topological polar surface area (TPSA) is 47.8 Å². The second-order valence-electron chi connectivity index (χ2n) is 3.82. The molecule has 0 bridgehead atoms. The number of hydrogen-bond donors (Lipinski definition) is 0. The average molecular weight is 209 g/mol. The Balaban J connectivity index is 2.69. The number of carbonyl (C=O) groups is 1. The highest BCUT2D eigenvalue weighted by Crippen LogP contribution is 2.11. The van der Waals surface area contributed by atoms with Crippen LogP contribution in [0.25, 0.3) is 0 Å². The van der Waals surface area contributed by atoms with Gasteiger partial charge < -0.3 is 0 Å². The van der Waals surface area contributed by atoms with E-state index in [4.69, 9.17) is 0 Å². The highest BCUT2D eigenvalue weighted by Gasteiger charge is 2.15. The van der Waals surface area contributed by atoms with Crippen molar-refractivity contribution in [2.24, 2.45) is 5.92 Å². The molecule has 84 valence electrons. The first-order chi connectivity index (χ1) is 7.19. The van der Waals surface area contributed by atoms with Gasteiger partial charge in [-0.1, -0.05) is 13.8 Å². The van der Waals surface area contributed by atoms with E-state index in [0.29, 0.717) is 6.42 Å². The lowest BCUT2D eigenvalue weighted by atomic mass is 9.98. The molecule has 0 fully saturated rings. The summed E-state index contributed by atoms with van der Waals surface area (Å²) in [5.74, 6) is 1.26. The van der Waals surface area contributed by atoms with Crippen molar-refractivity contribution >= 4 is 5.78 Å². The van der Waals surface area contributed by atoms with Gasteiger partial charge in [0, 0.05) is 18.9 Å². The van der Waals surface area contributed by atoms with Gasteiger partial charge >= 0.3 is 0 Å². The van der Waals surface area contributed by atoms with Crippen LogP contribution in [-0.2, 0) is 17.8 Å². The zero-order valence-electron chi connectivity index (χ0n) is 9.73. The molecule has 4 heteroatoms. The van der Waals surface area contributed by atoms with Crippen LogP contribution in [0.3, 0.4) is 0 Å². The van der Waals surface area contributed by atoms with E-state index in [-0.39, 0.29) is 11.7 Å². The van der Waals surface area contributed by atoms with Crippen LogP contribution in [0.2, 0.25) is 0 Å². The maximum absolute atomic E-state index is 11.3. The first kappa shape index (κ1) is 11.9. The van der Waals surface area contributed by atoms with Crippen molar-refractivity contribution in [2.45, 2.75) is 46.6 Å². The summed E-state index contributed by atoms with van der Waals surface area (Å²) in [6.07, 6.45) is 4.19. The average Bonchev–Trinajstić information content (AvgIpc) is 2.62. The monoisotopic (exact) mass is 209 g/mol. The Bertz CT molecular complexity index is 319. The van der Waals surface area contributed by atoms with Gasteiger partial charge in [-0.15, -0.1) is 0 Å². The third-order valence-electron chi connectivity index (χ3n) is 2.63. The molecule has 0 aliphatic heterocycles. The van der Waals surface area contributed by atoms with E-state index in [1.165, 1.54) is 0 Å². The largest absolute Gasteiger partial charge is 0.300 e. The second kappa shape index (κ2) is 5.63. The van der Waals surface area contributed by atoms with Crippen LogP contribution in [0, 0.1) is 5.92 Å². The maximum atomic E-state index is 11.3. The number of nitrogens with zero attached hydrogens (tertiary/aromatic N) is 3. The molecule has 1 heterocycles. The van der Waals surface area contributed by atoms with Crippen LogP contribution < -0.4 is 0 Å². The van der Waals surface area contributed by atoms with Crippen LogP contribution in [0.15, 0.2) is 6.33 Å². The molecule has 4 nitrogen and oxygen atoms in total. The molecule has 0 aromatic carbocycles. The molecule has 1 aromatic rings. The fourth-order valence-corrected chi connectivity index (χ4v) is 1.64. The third kappa shape index (κ3) is 3.15. The van der Waals surface area contributed by atoms with Crippen molar-refractivity contribution in [3.8, 4) is 0 Å². The molecule has 1 rings (SSSR count). The molecule has 1 atom stereocenters. The molecule has 0 amide bonds. The van der Waals surface area contributed by atoms with Gasteiger partial charge in [0.2, 0.25) is 0 Å². The number of ketones is 1. The summed E-state index contributed by atoms with van der Waals surface area (Å²) in [5.41, 5.74) is 0. The molecule has 0 aliphatic carbocycles. The smallest absolute Gasteiger partial charge is 0.138 e. The molecule has 15 heavy (non-hydrogen) atoms. The fourth-order valence-electron chi connectivity index (χ4n) is 1.64. The molecule has 0 saturated carbocycles. The Hall–Kier alpha value is -1.19. The van der Waals surface area contributed by atoms with E-state index >= 15 is 0 Å². The first-order valence-electron chi connectivity index (χ1n) is 5.56. The van der Waals surface area contributed by atoms with Crippen molar-refractivity contribution in [3.63, 3.8) is 0 Å². The third-order valence-corrected chi connectivity index (χ3v) is 2.63. The molecule has 0 aliphatic rings. The van der Waals surface area contributed by atoms with Gasteiger partial charge in [-0.25, -0.2) is 4.98 Å². The Morgan fingerprint density at radius 3 is 2.80 bits per heavy atom.